The largest absolute Gasteiger partial charge is 0.310 e. The normalized spacial score (nSPS) is 12.1. The lowest BCUT2D eigenvalue weighted by molar-refractivity contribution is 1.23. The number of fused-ring (bicyclic) bond motifs is 6. The summed E-state index contributed by atoms with van der Waals surface area (Å²) in [5.74, 6) is 0. The number of hydrogen-bond donors (Lipinski definition) is 0. The van der Waals surface area contributed by atoms with Crippen LogP contribution in [0.1, 0.15) is 0 Å². The van der Waals surface area contributed by atoms with Gasteiger partial charge in [-0.1, -0.05) is 376 Å². The zero-order valence-corrected chi connectivity index (χ0v) is 65.8. The second-order valence-electron chi connectivity index (χ2n) is 31.7. The van der Waals surface area contributed by atoms with Crippen molar-refractivity contribution in [3.05, 3.63) is 461 Å². The molecule has 2 aliphatic heterocycles. The Labute approximate surface area is 699 Å². The highest BCUT2D eigenvalue weighted by Crippen LogP contribution is 2.57. The van der Waals surface area contributed by atoms with Crippen molar-refractivity contribution < 1.29 is 0 Å². The summed E-state index contributed by atoms with van der Waals surface area (Å²) in [6.07, 6.45) is 0. The highest BCUT2D eigenvalue weighted by atomic mass is 15.2. The summed E-state index contributed by atoms with van der Waals surface area (Å²) in [6, 6.07) is 173. The van der Waals surface area contributed by atoms with Crippen LogP contribution >= 0.6 is 0 Å². The van der Waals surface area contributed by atoms with E-state index >= 15 is 0 Å². The Hall–Kier alpha value is -15.6. The summed E-state index contributed by atoms with van der Waals surface area (Å²) in [5.41, 5.74) is 35.5. The van der Waals surface area contributed by atoms with Crippen molar-refractivity contribution in [2.24, 2.45) is 0 Å². The van der Waals surface area contributed by atoms with E-state index in [0.717, 1.165) is 162 Å². The van der Waals surface area contributed by atoms with Gasteiger partial charge in [0.1, 0.15) is 0 Å². The summed E-state index contributed by atoms with van der Waals surface area (Å²) in [4.78, 5) is 7.92. The Bertz CT molecular complexity index is 7230. The van der Waals surface area contributed by atoms with Crippen LogP contribution < -0.4 is 31.1 Å². The van der Waals surface area contributed by atoms with Gasteiger partial charge in [0.15, 0.2) is 0 Å². The van der Waals surface area contributed by atoms with Crippen LogP contribution in [0.25, 0.3) is 154 Å². The van der Waals surface area contributed by atoms with E-state index in [1.54, 1.807) is 0 Å². The fourth-order valence-electron chi connectivity index (χ4n) is 19.4. The first-order valence-corrected chi connectivity index (χ1v) is 41.5. The summed E-state index contributed by atoms with van der Waals surface area (Å²) in [7, 11) is 0. The molecule has 0 amide bonds. The molecular formula is C116H76BN3. The summed E-state index contributed by atoms with van der Waals surface area (Å²) in [6.45, 7) is -0.368. The molecule has 0 aliphatic carbocycles. The van der Waals surface area contributed by atoms with Gasteiger partial charge in [0.05, 0.1) is 17.1 Å². The van der Waals surface area contributed by atoms with Crippen LogP contribution in [0.2, 0.25) is 0 Å². The number of benzene rings is 21. The molecule has 23 rings (SSSR count). The number of anilines is 9. The van der Waals surface area contributed by atoms with Gasteiger partial charge >= 0.3 is 0 Å². The first kappa shape index (κ1) is 69.8. The Kier molecular flexibility index (Phi) is 17.0. The van der Waals surface area contributed by atoms with Gasteiger partial charge in [-0.3, -0.25) is 0 Å². The predicted octanol–water partition coefficient (Wildman–Crippen LogP) is 30.0. The SMILES string of the molecule is c1ccc(-c2ccc(N(c3ccc(-c4ccccc4)cc3)c3cc4c5c(c3)N(c3c(-c6ccccc6)cc(-c6ccccc6)cc3-c3ccccc3)c3ccc(-c6cc7cccc8c9cccc%10cccc(c(c6)c78)c%109)cc3B5c3cc(-c5ccccc5)ccc3N4c3c(-c4ccccc4)cc(-c4ccccc4)cc3-c3ccccc3)cc2)cc1. The highest BCUT2D eigenvalue weighted by Gasteiger charge is 2.46. The van der Waals surface area contributed by atoms with E-state index in [1.807, 2.05) is 0 Å². The Morgan fingerprint density at radius 3 is 0.825 bits per heavy atom. The molecule has 0 atom stereocenters. The standard InChI is InChI=1S/C116H76BN3/c1-10-31-77(32-11-1)82-55-61-95(62-56-82)118(96-63-57-83(58-64-96)78-33-12-2-13-34-78)97-75-110-114-111(76-97)120(116-103(86-45-24-8-25-46-86)70-94(81-39-18-5-19-40-81)71-104(116)87-47-26-9-27-48-87)109-66-60-90(92-67-91-51-30-53-99-98-52-28-49-88-50-29-54-100(112(88)98)105(72-92)113(91)99)74-107(109)117(114)106-73-89(79-35-14-3-15-36-79)59-65-108(106)119(110)115-101(84-41-20-6-21-42-84)68-93(80-37-16-4-17-38-80)69-102(115)85-43-22-7-23-44-85/h1-76H. The Morgan fingerprint density at radius 2 is 0.458 bits per heavy atom. The molecule has 4 heteroatoms. The zero-order chi connectivity index (χ0) is 79.1. The summed E-state index contributed by atoms with van der Waals surface area (Å²) >= 11 is 0. The second kappa shape index (κ2) is 29.3. The van der Waals surface area contributed by atoms with Gasteiger partial charge < -0.3 is 14.7 Å². The minimum atomic E-state index is -0.368. The van der Waals surface area contributed by atoms with E-state index in [4.69, 9.17) is 0 Å². The number of nitrogens with zero attached hydrogens (tertiary/aromatic N) is 3. The van der Waals surface area contributed by atoms with Gasteiger partial charge in [-0.25, -0.2) is 0 Å². The maximum Gasteiger partial charge on any atom is 0.252 e. The molecule has 21 aromatic rings. The maximum absolute atomic E-state index is 2.71. The van der Waals surface area contributed by atoms with Crippen LogP contribution in [0.5, 0.6) is 0 Å². The van der Waals surface area contributed by atoms with Crippen molar-refractivity contribution in [1.82, 2.24) is 0 Å². The van der Waals surface area contributed by atoms with Gasteiger partial charge in [0.2, 0.25) is 0 Å². The monoisotopic (exact) mass is 1520 g/mol. The van der Waals surface area contributed by atoms with Crippen molar-refractivity contribution in [2.45, 2.75) is 0 Å². The van der Waals surface area contributed by atoms with Gasteiger partial charge in [-0.15, -0.1) is 0 Å². The molecule has 2 aliphatic rings. The Morgan fingerprint density at radius 1 is 0.175 bits per heavy atom. The van der Waals surface area contributed by atoms with Crippen LogP contribution in [0.3, 0.4) is 0 Å². The van der Waals surface area contributed by atoms with Crippen LogP contribution in [-0.4, -0.2) is 6.71 Å². The third-order valence-electron chi connectivity index (χ3n) is 24.9. The smallest absolute Gasteiger partial charge is 0.252 e. The molecule has 0 radical (unpaired) electrons. The van der Waals surface area contributed by atoms with Crippen LogP contribution in [0.4, 0.5) is 51.2 Å². The zero-order valence-electron chi connectivity index (χ0n) is 65.8. The van der Waals surface area contributed by atoms with Gasteiger partial charge in [0, 0.05) is 56.4 Å². The summed E-state index contributed by atoms with van der Waals surface area (Å²) in [5, 5.41) is 10.1. The molecule has 558 valence electrons. The van der Waals surface area contributed by atoms with Crippen LogP contribution in [0, 0.1) is 0 Å². The molecule has 3 nitrogen and oxygen atoms in total. The van der Waals surface area contributed by atoms with E-state index in [-0.39, 0.29) is 6.71 Å². The quantitative estimate of drug-likeness (QED) is 0.0575. The first-order valence-electron chi connectivity index (χ1n) is 41.5. The molecule has 2 heterocycles. The number of hydrogen-bond acceptors (Lipinski definition) is 3. The fourth-order valence-corrected chi connectivity index (χ4v) is 19.4. The third-order valence-corrected chi connectivity index (χ3v) is 24.9. The van der Waals surface area contributed by atoms with Crippen molar-refractivity contribution in [3.63, 3.8) is 0 Å². The van der Waals surface area contributed by atoms with Crippen molar-refractivity contribution in [2.75, 3.05) is 14.7 Å². The van der Waals surface area contributed by atoms with Gasteiger partial charge in [-0.05, 0) is 233 Å². The van der Waals surface area contributed by atoms with Crippen LogP contribution in [-0.2, 0) is 0 Å². The lowest BCUT2D eigenvalue weighted by Gasteiger charge is -2.46. The minimum absolute atomic E-state index is 0.368. The third kappa shape index (κ3) is 12.0. The molecule has 21 aromatic carbocycles. The molecule has 0 spiro atoms. The molecule has 0 bridgehead atoms. The van der Waals surface area contributed by atoms with Crippen molar-refractivity contribution >= 4 is 117 Å². The molecule has 0 aromatic heterocycles. The lowest BCUT2D eigenvalue weighted by Crippen LogP contribution is -2.61. The van der Waals surface area contributed by atoms with Gasteiger partial charge in [0.25, 0.3) is 6.71 Å². The predicted molar refractivity (Wildman–Crippen MR) is 511 cm³/mol. The topological polar surface area (TPSA) is 9.72 Å². The molecule has 0 N–H and O–H groups in total. The van der Waals surface area contributed by atoms with E-state index < -0.39 is 0 Å². The van der Waals surface area contributed by atoms with E-state index in [1.165, 1.54) is 59.5 Å². The lowest BCUT2D eigenvalue weighted by atomic mass is 9.33. The van der Waals surface area contributed by atoms with Crippen LogP contribution in [0.15, 0.2) is 461 Å². The fraction of sp³-hybridized carbons (Fsp3) is 0. The molecule has 0 unspecified atom stereocenters. The maximum atomic E-state index is 2.71. The molecule has 0 saturated heterocycles. The second-order valence-corrected chi connectivity index (χ2v) is 31.7. The van der Waals surface area contributed by atoms with E-state index in [9.17, 15) is 0 Å². The van der Waals surface area contributed by atoms with E-state index in [2.05, 4.69) is 476 Å². The van der Waals surface area contributed by atoms with Gasteiger partial charge in [-0.2, -0.15) is 0 Å². The molecule has 120 heavy (non-hydrogen) atoms. The Balaban J connectivity index is 0.897. The average Bonchev–Trinajstić information content (AvgIpc) is 0.686. The average molecular weight is 1520 g/mol. The minimum Gasteiger partial charge on any atom is -0.310 e. The molecular weight excluding hydrogens is 1450 g/mol. The molecule has 0 saturated carbocycles. The number of rotatable bonds is 15. The van der Waals surface area contributed by atoms with Crippen molar-refractivity contribution in [1.29, 1.82) is 0 Å². The van der Waals surface area contributed by atoms with Crippen molar-refractivity contribution in [3.8, 4) is 111 Å². The summed E-state index contributed by atoms with van der Waals surface area (Å²) < 4.78 is 0. The van der Waals surface area contributed by atoms with E-state index in [0.29, 0.717) is 0 Å². The first-order chi connectivity index (χ1) is 59.5. The molecule has 0 fully saturated rings. The highest BCUT2D eigenvalue weighted by molar-refractivity contribution is 7.00.